The number of sulfone groups is 1. The average Bonchev–Trinajstić information content (AvgIpc) is 3.14. The smallest absolute Gasteiger partial charge is 0.319 e. The van der Waals surface area contributed by atoms with E-state index in [1.165, 1.54) is 36.4 Å². The summed E-state index contributed by atoms with van der Waals surface area (Å²) in [5, 5.41) is 11.7. The molecule has 0 spiro atoms. The fourth-order valence-corrected chi connectivity index (χ4v) is 3.46. The predicted octanol–water partition coefficient (Wildman–Crippen LogP) is 2.70. The van der Waals surface area contributed by atoms with Crippen molar-refractivity contribution in [2.24, 2.45) is 0 Å². The van der Waals surface area contributed by atoms with Crippen LogP contribution in [0.1, 0.15) is 5.56 Å². The molecule has 1 heterocycles. The van der Waals surface area contributed by atoms with Crippen molar-refractivity contribution in [1.29, 1.82) is 0 Å². The number of urea groups is 1. The number of amides is 2. The van der Waals surface area contributed by atoms with Gasteiger partial charge in [-0.25, -0.2) is 17.6 Å². The molecular weight excluding hydrogens is 359 g/mol. The molecule has 2 aromatic carbocycles. The highest BCUT2D eigenvalue weighted by atomic mass is 32.2. The number of aromatic amines is 1. The second-order valence-corrected chi connectivity index (χ2v) is 7.35. The van der Waals surface area contributed by atoms with Gasteiger partial charge in [0.15, 0.2) is 0 Å². The van der Waals surface area contributed by atoms with E-state index in [0.29, 0.717) is 12.2 Å². The molecule has 134 valence electrons. The SMILES string of the molecule is O=C(NCc1cn[nH]c1)Nc1ccc(S(=O)(=O)c2ccc(F)cc2)cc1. The molecule has 3 rings (SSSR count). The Kier molecular flexibility index (Phi) is 4.99. The van der Waals surface area contributed by atoms with Crippen LogP contribution in [0.3, 0.4) is 0 Å². The van der Waals surface area contributed by atoms with Gasteiger partial charge in [-0.15, -0.1) is 0 Å². The van der Waals surface area contributed by atoms with Crippen molar-refractivity contribution < 1.29 is 17.6 Å². The Balaban J connectivity index is 1.66. The predicted molar refractivity (Wildman–Crippen MR) is 92.7 cm³/mol. The Morgan fingerprint density at radius 2 is 1.65 bits per heavy atom. The van der Waals surface area contributed by atoms with Gasteiger partial charge in [0.25, 0.3) is 0 Å². The number of anilines is 1. The highest BCUT2D eigenvalue weighted by Gasteiger charge is 2.17. The van der Waals surface area contributed by atoms with E-state index >= 15 is 0 Å². The van der Waals surface area contributed by atoms with Gasteiger partial charge in [0.1, 0.15) is 5.82 Å². The molecule has 0 saturated carbocycles. The second kappa shape index (κ2) is 7.36. The molecule has 0 aliphatic heterocycles. The maximum absolute atomic E-state index is 13.0. The molecule has 0 aliphatic carbocycles. The molecule has 26 heavy (non-hydrogen) atoms. The molecular formula is C17H15FN4O3S. The second-order valence-electron chi connectivity index (χ2n) is 5.40. The first-order chi connectivity index (χ1) is 12.4. The fourth-order valence-electron chi connectivity index (χ4n) is 2.20. The van der Waals surface area contributed by atoms with E-state index in [2.05, 4.69) is 20.8 Å². The Morgan fingerprint density at radius 1 is 1.04 bits per heavy atom. The largest absolute Gasteiger partial charge is 0.334 e. The van der Waals surface area contributed by atoms with E-state index in [1.807, 2.05) is 0 Å². The van der Waals surface area contributed by atoms with E-state index in [4.69, 9.17) is 0 Å². The summed E-state index contributed by atoms with van der Waals surface area (Å²) in [6.07, 6.45) is 3.25. The maximum Gasteiger partial charge on any atom is 0.319 e. The maximum atomic E-state index is 13.0. The average molecular weight is 374 g/mol. The number of halogens is 1. The Morgan fingerprint density at radius 3 is 2.23 bits per heavy atom. The van der Waals surface area contributed by atoms with Crippen molar-refractivity contribution in [2.75, 3.05) is 5.32 Å². The molecule has 0 saturated heterocycles. The zero-order valence-electron chi connectivity index (χ0n) is 13.4. The van der Waals surface area contributed by atoms with Gasteiger partial charge < -0.3 is 10.6 Å². The lowest BCUT2D eigenvalue weighted by molar-refractivity contribution is 0.251. The number of H-pyrrole nitrogens is 1. The Labute approximate surface area is 149 Å². The molecule has 0 atom stereocenters. The molecule has 0 bridgehead atoms. The minimum Gasteiger partial charge on any atom is -0.334 e. The zero-order chi connectivity index (χ0) is 18.6. The number of aromatic nitrogens is 2. The van der Waals surface area contributed by atoms with E-state index in [-0.39, 0.29) is 9.79 Å². The minimum atomic E-state index is -3.75. The summed E-state index contributed by atoms with van der Waals surface area (Å²) in [5.41, 5.74) is 1.26. The van der Waals surface area contributed by atoms with Crippen LogP contribution in [-0.2, 0) is 16.4 Å². The summed E-state index contributed by atoms with van der Waals surface area (Å²) in [4.78, 5) is 11.9. The number of rotatable bonds is 5. The van der Waals surface area contributed by atoms with Crippen LogP contribution in [0.5, 0.6) is 0 Å². The van der Waals surface area contributed by atoms with Crippen LogP contribution in [-0.4, -0.2) is 24.6 Å². The summed E-state index contributed by atoms with van der Waals surface area (Å²) >= 11 is 0. The van der Waals surface area contributed by atoms with Crippen molar-refractivity contribution in [2.45, 2.75) is 16.3 Å². The highest BCUT2D eigenvalue weighted by Crippen LogP contribution is 2.22. The van der Waals surface area contributed by atoms with Gasteiger partial charge in [-0.05, 0) is 48.5 Å². The van der Waals surface area contributed by atoms with Crippen molar-refractivity contribution in [1.82, 2.24) is 15.5 Å². The standard InChI is InChI=1S/C17H15FN4O3S/c18-13-1-5-15(6-2-13)26(24,25)16-7-3-14(4-8-16)22-17(23)19-9-12-10-20-21-11-12/h1-8,10-11H,9H2,(H,20,21)(H2,19,22,23). The number of carbonyl (C=O) groups is 1. The first kappa shape index (κ1) is 17.6. The molecule has 0 unspecified atom stereocenters. The van der Waals surface area contributed by atoms with Gasteiger partial charge in [0.05, 0.1) is 16.0 Å². The van der Waals surface area contributed by atoms with E-state index in [1.54, 1.807) is 12.4 Å². The quantitative estimate of drug-likeness (QED) is 0.597. The summed E-state index contributed by atoms with van der Waals surface area (Å²) in [6.45, 7) is 0.305. The number of hydrogen-bond donors (Lipinski definition) is 3. The fraction of sp³-hybridized carbons (Fsp3) is 0.0588. The normalized spacial score (nSPS) is 11.1. The lowest BCUT2D eigenvalue weighted by Crippen LogP contribution is -2.28. The zero-order valence-corrected chi connectivity index (χ0v) is 14.3. The molecule has 2 amide bonds. The summed E-state index contributed by atoms with van der Waals surface area (Å²) in [6, 6.07) is 9.89. The van der Waals surface area contributed by atoms with Crippen molar-refractivity contribution in [3.63, 3.8) is 0 Å². The minimum absolute atomic E-state index is 0.00235. The van der Waals surface area contributed by atoms with Crippen molar-refractivity contribution in [3.05, 3.63) is 72.3 Å². The van der Waals surface area contributed by atoms with Crippen LogP contribution in [0.25, 0.3) is 0 Å². The summed E-state index contributed by atoms with van der Waals surface area (Å²) < 4.78 is 37.9. The molecule has 0 fully saturated rings. The summed E-state index contributed by atoms with van der Waals surface area (Å²) in [7, 11) is -3.75. The third-order valence-electron chi connectivity index (χ3n) is 3.55. The van der Waals surface area contributed by atoms with Gasteiger partial charge >= 0.3 is 6.03 Å². The molecule has 9 heteroatoms. The molecule has 7 nitrogen and oxygen atoms in total. The third kappa shape index (κ3) is 4.06. The number of nitrogens with zero attached hydrogens (tertiary/aromatic N) is 1. The monoisotopic (exact) mass is 374 g/mol. The Hall–Kier alpha value is -3.20. The van der Waals surface area contributed by atoms with Crippen LogP contribution >= 0.6 is 0 Å². The molecule has 0 aliphatic rings. The van der Waals surface area contributed by atoms with Gasteiger partial charge in [-0.1, -0.05) is 0 Å². The lowest BCUT2D eigenvalue weighted by Gasteiger charge is -2.08. The summed E-state index contributed by atoms with van der Waals surface area (Å²) in [5.74, 6) is -0.509. The Bertz CT molecular complexity index is 986. The van der Waals surface area contributed by atoms with Gasteiger partial charge in [-0.3, -0.25) is 5.10 Å². The van der Waals surface area contributed by atoms with Gasteiger partial charge in [0, 0.05) is 24.0 Å². The van der Waals surface area contributed by atoms with E-state index in [0.717, 1.165) is 17.7 Å². The molecule has 1 aromatic heterocycles. The molecule has 3 aromatic rings. The van der Waals surface area contributed by atoms with Crippen molar-refractivity contribution in [3.8, 4) is 0 Å². The molecule has 0 radical (unpaired) electrons. The number of benzene rings is 2. The lowest BCUT2D eigenvalue weighted by atomic mass is 10.3. The van der Waals surface area contributed by atoms with Crippen LogP contribution in [0, 0.1) is 5.82 Å². The van der Waals surface area contributed by atoms with Gasteiger partial charge in [-0.2, -0.15) is 5.10 Å². The number of carbonyl (C=O) groups excluding carboxylic acids is 1. The first-order valence-electron chi connectivity index (χ1n) is 7.58. The van der Waals surface area contributed by atoms with Crippen LogP contribution < -0.4 is 10.6 Å². The van der Waals surface area contributed by atoms with Gasteiger partial charge in [0.2, 0.25) is 9.84 Å². The number of nitrogens with one attached hydrogen (secondary N) is 3. The molecule has 3 N–H and O–H groups in total. The van der Waals surface area contributed by atoms with E-state index < -0.39 is 21.7 Å². The van der Waals surface area contributed by atoms with Crippen LogP contribution in [0.4, 0.5) is 14.9 Å². The van der Waals surface area contributed by atoms with E-state index in [9.17, 15) is 17.6 Å². The topological polar surface area (TPSA) is 104 Å². The first-order valence-corrected chi connectivity index (χ1v) is 9.07. The van der Waals surface area contributed by atoms with Crippen LogP contribution in [0.2, 0.25) is 0 Å². The highest BCUT2D eigenvalue weighted by molar-refractivity contribution is 7.91. The third-order valence-corrected chi connectivity index (χ3v) is 5.34. The number of hydrogen-bond acceptors (Lipinski definition) is 4. The van der Waals surface area contributed by atoms with Crippen LogP contribution in [0.15, 0.2) is 70.7 Å². The van der Waals surface area contributed by atoms with Crippen molar-refractivity contribution >= 4 is 21.6 Å².